The fourth-order valence-corrected chi connectivity index (χ4v) is 1.82. The largest absolute Gasteiger partial charge is 0.378 e. The van der Waals surface area contributed by atoms with E-state index in [1.165, 1.54) is 6.42 Å². The highest BCUT2D eigenvalue weighted by Gasteiger charge is 2.16. The first kappa shape index (κ1) is 9.86. The minimum absolute atomic E-state index is 0.360. The van der Waals surface area contributed by atoms with Gasteiger partial charge in [-0.2, -0.15) is 0 Å². The van der Waals surface area contributed by atoms with Gasteiger partial charge in [-0.05, 0) is 29.7 Å². The predicted octanol–water partition coefficient (Wildman–Crippen LogP) is 0.981. The van der Waals surface area contributed by atoms with E-state index < -0.39 is 0 Å². The molecule has 1 aliphatic heterocycles. The van der Waals surface area contributed by atoms with Crippen LogP contribution >= 0.6 is 11.6 Å². The summed E-state index contributed by atoms with van der Waals surface area (Å²) in [5.74, 6) is 1.09. The molecule has 0 aromatic carbocycles. The number of aromatic nitrogens is 4. The number of rotatable bonds is 4. The van der Waals surface area contributed by atoms with E-state index >= 15 is 0 Å². The third kappa shape index (κ3) is 2.22. The van der Waals surface area contributed by atoms with Crippen LogP contribution in [0.4, 0.5) is 0 Å². The van der Waals surface area contributed by atoms with Gasteiger partial charge in [0.1, 0.15) is 0 Å². The number of hydrogen-bond acceptors (Lipinski definition) is 4. The van der Waals surface area contributed by atoms with Crippen LogP contribution in [0.5, 0.6) is 0 Å². The second-order valence-corrected chi connectivity index (χ2v) is 3.64. The lowest BCUT2D eigenvalue weighted by atomic mass is 10.2. The zero-order valence-electron chi connectivity index (χ0n) is 7.90. The Morgan fingerprint density at radius 2 is 2.50 bits per heavy atom. The summed E-state index contributed by atoms with van der Waals surface area (Å²) in [7, 11) is 0. The van der Waals surface area contributed by atoms with E-state index in [1.807, 2.05) is 0 Å². The first-order valence-electron chi connectivity index (χ1n) is 4.83. The Hall–Kier alpha value is -0.680. The molecule has 1 unspecified atom stereocenters. The van der Waals surface area contributed by atoms with Crippen molar-refractivity contribution in [1.82, 2.24) is 20.2 Å². The van der Waals surface area contributed by atoms with Crippen molar-refractivity contribution >= 4 is 11.6 Å². The lowest BCUT2D eigenvalue weighted by Crippen LogP contribution is -2.12. The van der Waals surface area contributed by atoms with E-state index in [4.69, 9.17) is 16.3 Å². The van der Waals surface area contributed by atoms with Crippen LogP contribution in [0.3, 0.4) is 0 Å². The molecule has 0 radical (unpaired) electrons. The maximum Gasteiger partial charge on any atom is 0.165 e. The fraction of sp³-hybridized carbons (Fsp3) is 0.875. The van der Waals surface area contributed by atoms with Crippen molar-refractivity contribution in [2.24, 2.45) is 0 Å². The molecule has 0 N–H and O–H groups in total. The van der Waals surface area contributed by atoms with Gasteiger partial charge in [0, 0.05) is 13.2 Å². The lowest BCUT2D eigenvalue weighted by Gasteiger charge is -2.08. The first-order valence-corrected chi connectivity index (χ1v) is 5.36. The van der Waals surface area contributed by atoms with Crippen LogP contribution in [0.2, 0.25) is 0 Å². The van der Waals surface area contributed by atoms with E-state index in [0.29, 0.717) is 12.0 Å². The fourth-order valence-electron chi connectivity index (χ4n) is 1.63. The highest BCUT2D eigenvalue weighted by molar-refractivity contribution is 6.16. The highest BCUT2D eigenvalue weighted by Crippen LogP contribution is 2.16. The van der Waals surface area contributed by atoms with Crippen LogP contribution in [-0.2, 0) is 17.2 Å². The number of aryl methyl sites for hydroxylation is 1. The van der Waals surface area contributed by atoms with Gasteiger partial charge in [0.15, 0.2) is 5.82 Å². The SMILES string of the molecule is ClCc1nnnn1CCC1CCCO1. The van der Waals surface area contributed by atoms with Gasteiger partial charge >= 0.3 is 0 Å². The zero-order valence-corrected chi connectivity index (χ0v) is 8.65. The molecule has 5 nitrogen and oxygen atoms in total. The predicted molar refractivity (Wildman–Crippen MR) is 51.0 cm³/mol. The molecule has 1 atom stereocenters. The van der Waals surface area contributed by atoms with E-state index in [9.17, 15) is 0 Å². The third-order valence-electron chi connectivity index (χ3n) is 2.41. The van der Waals surface area contributed by atoms with Crippen molar-refractivity contribution in [1.29, 1.82) is 0 Å². The standard InChI is InChI=1S/C8H13ClN4O/c9-6-8-10-11-12-13(8)4-3-7-2-1-5-14-7/h7H,1-6H2. The molecule has 78 valence electrons. The minimum Gasteiger partial charge on any atom is -0.378 e. The molecule has 1 aromatic heterocycles. The van der Waals surface area contributed by atoms with Crippen molar-refractivity contribution < 1.29 is 4.74 Å². The molecule has 0 bridgehead atoms. The molecule has 14 heavy (non-hydrogen) atoms. The summed E-state index contributed by atoms with van der Waals surface area (Å²) in [4.78, 5) is 0. The normalized spacial score (nSPS) is 21.6. The molecule has 1 aromatic rings. The molecule has 1 aliphatic rings. The Morgan fingerprint density at radius 3 is 3.21 bits per heavy atom. The maximum atomic E-state index is 5.67. The molecule has 1 fully saturated rings. The molecule has 0 amide bonds. The number of halogens is 1. The quantitative estimate of drug-likeness (QED) is 0.705. The molecule has 1 saturated heterocycles. The molecule has 2 heterocycles. The second kappa shape index (κ2) is 4.70. The van der Waals surface area contributed by atoms with Gasteiger partial charge in [-0.1, -0.05) is 0 Å². The third-order valence-corrected chi connectivity index (χ3v) is 2.65. The lowest BCUT2D eigenvalue weighted by molar-refractivity contribution is 0.0991. The van der Waals surface area contributed by atoms with Crippen molar-refractivity contribution in [3.63, 3.8) is 0 Å². The van der Waals surface area contributed by atoms with Crippen LogP contribution < -0.4 is 0 Å². The number of tetrazole rings is 1. The van der Waals surface area contributed by atoms with Crippen molar-refractivity contribution in [3.8, 4) is 0 Å². The summed E-state index contributed by atoms with van der Waals surface area (Å²) in [6, 6.07) is 0. The Balaban J connectivity index is 1.84. The van der Waals surface area contributed by atoms with Gasteiger partial charge in [-0.15, -0.1) is 16.7 Å². The van der Waals surface area contributed by atoms with Crippen LogP contribution in [0.25, 0.3) is 0 Å². The van der Waals surface area contributed by atoms with Gasteiger partial charge < -0.3 is 4.74 Å². The summed E-state index contributed by atoms with van der Waals surface area (Å²) in [6.45, 7) is 1.68. The second-order valence-electron chi connectivity index (χ2n) is 3.38. The summed E-state index contributed by atoms with van der Waals surface area (Å²) in [5.41, 5.74) is 0. The monoisotopic (exact) mass is 216 g/mol. The Bertz CT molecular complexity index is 285. The maximum absolute atomic E-state index is 5.67. The van der Waals surface area contributed by atoms with E-state index in [2.05, 4.69) is 15.5 Å². The van der Waals surface area contributed by atoms with Crippen molar-refractivity contribution in [3.05, 3.63) is 5.82 Å². The average Bonchev–Trinajstić information content (AvgIpc) is 2.85. The summed E-state index contributed by atoms with van der Waals surface area (Å²) in [6.07, 6.45) is 3.66. The minimum atomic E-state index is 0.360. The summed E-state index contributed by atoms with van der Waals surface area (Å²) >= 11 is 5.67. The number of ether oxygens (including phenoxy) is 1. The molecule has 0 spiro atoms. The highest BCUT2D eigenvalue weighted by atomic mass is 35.5. The zero-order chi connectivity index (χ0) is 9.80. The topological polar surface area (TPSA) is 52.8 Å². The first-order chi connectivity index (χ1) is 6.90. The molecular weight excluding hydrogens is 204 g/mol. The smallest absolute Gasteiger partial charge is 0.165 e. The number of hydrogen-bond donors (Lipinski definition) is 0. The Kier molecular flexibility index (Phi) is 3.31. The van der Waals surface area contributed by atoms with E-state index in [0.717, 1.165) is 31.8 Å². The van der Waals surface area contributed by atoms with Gasteiger partial charge in [-0.25, -0.2) is 4.68 Å². The van der Waals surface area contributed by atoms with Crippen LogP contribution in [0.1, 0.15) is 25.1 Å². The van der Waals surface area contributed by atoms with E-state index in [1.54, 1.807) is 4.68 Å². The van der Waals surface area contributed by atoms with Gasteiger partial charge in [0.25, 0.3) is 0 Å². The Morgan fingerprint density at radius 1 is 1.57 bits per heavy atom. The number of alkyl halides is 1. The van der Waals surface area contributed by atoms with Crippen molar-refractivity contribution in [2.75, 3.05) is 6.61 Å². The average molecular weight is 217 g/mol. The van der Waals surface area contributed by atoms with Crippen LogP contribution in [-0.4, -0.2) is 32.9 Å². The van der Waals surface area contributed by atoms with E-state index in [-0.39, 0.29) is 0 Å². The molecule has 2 rings (SSSR count). The molecule has 6 heteroatoms. The van der Waals surface area contributed by atoms with Crippen LogP contribution in [0, 0.1) is 0 Å². The molecule has 0 aliphatic carbocycles. The van der Waals surface area contributed by atoms with Gasteiger partial charge in [0.05, 0.1) is 12.0 Å². The molecule has 0 saturated carbocycles. The Labute approximate surface area is 87.4 Å². The summed E-state index contributed by atoms with van der Waals surface area (Å²) in [5, 5.41) is 11.2. The number of nitrogens with zero attached hydrogens (tertiary/aromatic N) is 4. The van der Waals surface area contributed by atoms with Crippen molar-refractivity contribution in [2.45, 2.75) is 37.8 Å². The van der Waals surface area contributed by atoms with Gasteiger partial charge in [-0.3, -0.25) is 0 Å². The van der Waals surface area contributed by atoms with Crippen LogP contribution in [0.15, 0.2) is 0 Å². The van der Waals surface area contributed by atoms with Gasteiger partial charge in [0.2, 0.25) is 0 Å². The molecular formula is C8H13ClN4O. The summed E-state index contributed by atoms with van der Waals surface area (Å²) < 4.78 is 7.25.